The summed E-state index contributed by atoms with van der Waals surface area (Å²) in [6.45, 7) is 4.92. The largest absolute Gasteiger partial charge is 0.0882 e. The van der Waals surface area contributed by atoms with Gasteiger partial charge in [-0.3, -0.25) is 0 Å². The predicted octanol–water partition coefficient (Wildman–Crippen LogP) is 3.41. The molecule has 0 aromatic rings. The van der Waals surface area contributed by atoms with Crippen molar-refractivity contribution < 1.29 is 0 Å². The van der Waals surface area contributed by atoms with Crippen LogP contribution in [0.15, 0.2) is 24.3 Å². The van der Waals surface area contributed by atoms with Crippen LogP contribution in [0.5, 0.6) is 0 Å². The van der Waals surface area contributed by atoms with E-state index in [1.54, 1.807) is 0 Å². The second-order valence-electron chi connectivity index (χ2n) is 5.53. The van der Waals surface area contributed by atoms with Gasteiger partial charge in [-0.15, -0.1) is 0 Å². The standard InChI is InChI=1S/C13H18/c1-13(2)11-7-8-12(13)10-6-4-3-5-9(10)11/h3-4,7-12H,5-6H2,1-2H3. The van der Waals surface area contributed by atoms with Gasteiger partial charge in [0.25, 0.3) is 0 Å². The van der Waals surface area contributed by atoms with E-state index in [-0.39, 0.29) is 0 Å². The Kier molecular flexibility index (Phi) is 1.38. The highest BCUT2D eigenvalue weighted by Crippen LogP contribution is 2.62. The summed E-state index contributed by atoms with van der Waals surface area (Å²) in [7, 11) is 0. The van der Waals surface area contributed by atoms with Crippen molar-refractivity contribution in [3.63, 3.8) is 0 Å². The summed E-state index contributed by atoms with van der Waals surface area (Å²) in [5.41, 5.74) is 0.557. The Hall–Kier alpha value is -0.520. The number of hydrogen-bond acceptors (Lipinski definition) is 0. The molecule has 1 saturated carbocycles. The van der Waals surface area contributed by atoms with Crippen molar-refractivity contribution in [3.8, 4) is 0 Å². The molecule has 3 aliphatic carbocycles. The molecule has 4 unspecified atom stereocenters. The van der Waals surface area contributed by atoms with Crippen molar-refractivity contribution in [1.29, 1.82) is 0 Å². The van der Waals surface area contributed by atoms with Gasteiger partial charge >= 0.3 is 0 Å². The highest BCUT2D eigenvalue weighted by Gasteiger charge is 2.55. The van der Waals surface area contributed by atoms with E-state index in [9.17, 15) is 0 Å². The molecule has 1 fully saturated rings. The summed E-state index contributed by atoms with van der Waals surface area (Å²) in [4.78, 5) is 0. The molecule has 0 N–H and O–H groups in total. The molecule has 0 saturated heterocycles. The van der Waals surface area contributed by atoms with Crippen molar-refractivity contribution >= 4 is 0 Å². The molecule has 0 radical (unpaired) electrons. The van der Waals surface area contributed by atoms with E-state index in [2.05, 4.69) is 38.2 Å². The molecule has 3 rings (SSSR count). The Balaban J connectivity index is 2.02. The van der Waals surface area contributed by atoms with Gasteiger partial charge in [-0.25, -0.2) is 0 Å². The minimum absolute atomic E-state index is 0.557. The fourth-order valence-electron chi connectivity index (χ4n) is 4.03. The molecule has 0 nitrogen and oxygen atoms in total. The van der Waals surface area contributed by atoms with Crippen LogP contribution in [0, 0.1) is 29.1 Å². The lowest BCUT2D eigenvalue weighted by Gasteiger charge is -2.28. The van der Waals surface area contributed by atoms with E-state index < -0.39 is 0 Å². The summed E-state index contributed by atoms with van der Waals surface area (Å²) in [5.74, 6) is 3.67. The van der Waals surface area contributed by atoms with Crippen LogP contribution >= 0.6 is 0 Å². The van der Waals surface area contributed by atoms with E-state index in [0.717, 1.165) is 23.7 Å². The van der Waals surface area contributed by atoms with E-state index in [1.165, 1.54) is 12.8 Å². The van der Waals surface area contributed by atoms with Crippen molar-refractivity contribution in [3.05, 3.63) is 24.3 Å². The maximum Gasteiger partial charge on any atom is -0.0142 e. The first-order valence-electron chi connectivity index (χ1n) is 5.54. The maximum absolute atomic E-state index is 2.49. The van der Waals surface area contributed by atoms with Crippen LogP contribution in [-0.4, -0.2) is 0 Å². The lowest BCUT2D eigenvalue weighted by atomic mass is 9.76. The van der Waals surface area contributed by atoms with Crippen molar-refractivity contribution in [1.82, 2.24) is 0 Å². The highest BCUT2D eigenvalue weighted by molar-refractivity contribution is 5.23. The molecule has 0 aliphatic heterocycles. The first-order valence-corrected chi connectivity index (χ1v) is 5.54. The SMILES string of the molecule is CC1(C)C2C=CC1C1CC=CCC12. The summed E-state index contributed by atoms with van der Waals surface area (Å²) in [6.07, 6.45) is 12.4. The number of allylic oxidation sites excluding steroid dienone is 4. The van der Waals surface area contributed by atoms with Crippen LogP contribution in [-0.2, 0) is 0 Å². The molecular formula is C13H18. The molecule has 70 valence electrons. The molecule has 0 heterocycles. The van der Waals surface area contributed by atoms with Gasteiger partial charge in [0, 0.05) is 0 Å². The molecule has 3 aliphatic rings. The Morgan fingerprint density at radius 3 is 1.85 bits per heavy atom. The average Bonchev–Trinajstić information content (AvgIpc) is 2.54. The lowest BCUT2D eigenvalue weighted by Crippen LogP contribution is -2.20. The summed E-state index contributed by atoms with van der Waals surface area (Å²) in [5, 5.41) is 0. The zero-order valence-electron chi connectivity index (χ0n) is 8.53. The van der Waals surface area contributed by atoms with Gasteiger partial charge in [-0.05, 0) is 41.9 Å². The maximum atomic E-state index is 2.49. The minimum Gasteiger partial charge on any atom is -0.0882 e. The third kappa shape index (κ3) is 0.820. The van der Waals surface area contributed by atoms with Crippen LogP contribution in [0.25, 0.3) is 0 Å². The van der Waals surface area contributed by atoms with E-state index >= 15 is 0 Å². The van der Waals surface area contributed by atoms with Crippen LogP contribution in [0.4, 0.5) is 0 Å². The van der Waals surface area contributed by atoms with Gasteiger partial charge < -0.3 is 0 Å². The number of fused-ring (bicyclic) bond motifs is 5. The van der Waals surface area contributed by atoms with E-state index in [0.29, 0.717) is 5.41 Å². The zero-order chi connectivity index (χ0) is 9.05. The Morgan fingerprint density at radius 2 is 1.38 bits per heavy atom. The monoisotopic (exact) mass is 174 g/mol. The summed E-state index contributed by atoms with van der Waals surface area (Å²) < 4.78 is 0. The van der Waals surface area contributed by atoms with Crippen molar-refractivity contribution in [2.24, 2.45) is 29.1 Å². The van der Waals surface area contributed by atoms with Gasteiger partial charge in [-0.1, -0.05) is 38.2 Å². The Bertz CT molecular complexity index is 256. The molecule has 0 spiro atoms. The van der Waals surface area contributed by atoms with Gasteiger partial charge in [-0.2, -0.15) is 0 Å². The first-order chi connectivity index (χ1) is 6.21. The third-order valence-electron chi connectivity index (χ3n) is 4.70. The second kappa shape index (κ2) is 2.29. The predicted molar refractivity (Wildman–Crippen MR) is 55.3 cm³/mol. The van der Waals surface area contributed by atoms with Crippen LogP contribution < -0.4 is 0 Å². The number of hydrogen-bond donors (Lipinski definition) is 0. The Labute approximate surface area is 80.7 Å². The molecular weight excluding hydrogens is 156 g/mol. The van der Waals surface area contributed by atoms with Crippen LogP contribution in [0.1, 0.15) is 26.7 Å². The zero-order valence-corrected chi connectivity index (χ0v) is 8.53. The normalized spacial score (nSPS) is 49.7. The Morgan fingerprint density at radius 1 is 0.923 bits per heavy atom. The summed E-state index contributed by atoms with van der Waals surface area (Å²) >= 11 is 0. The minimum atomic E-state index is 0.557. The van der Waals surface area contributed by atoms with E-state index in [1.807, 2.05) is 0 Å². The molecule has 4 atom stereocenters. The van der Waals surface area contributed by atoms with Gasteiger partial charge in [0.1, 0.15) is 0 Å². The van der Waals surface area contributed by atoms with Gasteiger partial charge in [0.05, 0.1) is 0 Å². The third-order valence-corrected chi connectivity index (χ3v) is 4.70. The topological polar surface area (TPSA) is 0 Å². The highest BCUT2D eigenvalue weighted by atomic mass is 14.6. The van der Waals surface area contributed by atoms with Crippen LogP contribution in [0.3, 0.4) is 0 Å². The van der Waals surface area contributed by atoms with Crippen molar-refractivity contribution in [2.75, 3.05) is 0 Å². The lowest BCUT2D eigenvalue weighted by molar-refractivity contribution is 0.256. The molecule has 0 aromatic heterocycles. The molecule has 0 aromatic carbocycles. The fourth-order valence-corrected chi connectivity index (χ4v) is 4.03. The van der Waals surface area contributed by atoms with E-state index in [4.69, 9.17) is 0 Å². The fraction of sp³-hybridized carbons (Fsp3) is 0.692. The smallest absolute Gasteiger partial charge is 0.0142 e. The average molecular weight is 174 g/mol. The second-order valence-corrected chi connectivity index (χ2v) is 5.53. The number of rotatable bonds is 0. The molecule has 2 bridgehead atoms. The van der Waals surface area contributed by atoms with Crippen molar-refractivity contribution in [2.45, 2.75) is 26.7 Å². The van der Waals surface area contributed by atoms with Gasteiger partial charge in [0.2, 0.25) is 0 Å². The van der Waals surface area contributed by atoms with Gasteiger partial charge in [0.15, 0.2) is 0 Å². The molecule has 0 heteroatoms. The molecule has 0 amide bonds. The summed E-state index contributed by atoms with van der Waals surface area (Å²) in [6, 6.07) is 0. The quantitative estimate of drug-likeness (QED) is 0.494. The first kappa shape index (κ1) is 7.84. The van der Waals surface area contributed by atoms with Crippen LogP contribution in [0.2, 0.25) is 0 Å². The molecule has 13 heavy (non-hydrogen) atoms.